The van der Waals surface area contributed by atoms with Crippen LogP contribution in [-0.2, 0) is 6.54 Å². The second-order valence-corrected chi connectivity index (χ2v) is 5.84. The fraction of sp³-hybridized carbons (Fsp3) is 0.625. The van der Waals surface area contributed by atoms with Crippen LogP contribution >= 0.6 is 11.6 Å². The highest BCUT2D eigenvalue weighted by Crippen LogP contribution is 2.36. The van der Waals surface area contributed by atoms with Crippen LogP contribution in [-0.4, -0.2) is 31.0 Å². The van der Waals surface area contributed by atoms with Gasteiger partial charge in [0.2, 0.25) is 0 Å². The minimum absolute atomic E-state index is 0.122. The standard InChI is InChI=1S/C16H24ClNO3/c1-3-21-16-14(17)8-11(9-15(16)20-2)10-18-12-4-6-13(19)7-5-12/h8-9,12-13,18-19H,3-7,10H2,1-2H3. The number of ether oxygens (including phenoxy) is 2. The zero-order chi connectivity index (χ0) is 15.2. The SMILES string of the molecule is CCOc1c(Cl)cc(CNC2CCC(O)CC2)cc1OC. The van der Waals surface area contributed by atoms with Gasteiger partial charge in [-0.1, -0.05) is 11.6 Å². The Balaban J connectivity index is 1.98. The molecule has 2 rings (SSSR count). The molecule has 0 amide bonds. The molecule has 0 heterocycles. The lowest BCUT2D eigenvalue weighted by Crippen LogP contribution is -2.34. The average molecular weight is 314 g/mol. The minimum atomic E-state index is -0.122. The van der Waals surface area contributed by atoms with Crippen molar-refractivity contribution >= 4 is 11.6 Å². The molecule has 0 radical (unpaired) electrons. The second-order valence-electron chi connectivity index (χ2n) is 5.43. The lowest BCUT2D eigenvalue weighted by Gasteiger charge is -2.26. The number of aliphatic hydroxyl groups excluding tert-OH is 1. The Kier molecular flexibility index (Phi) is 6.15. The van der Waals surface area contributed by atoms with E-state index in [-0.39, 0.29) is 6.10 Å². The Morgan fingerprint density at radius 2 is 2.00 bits per heavy atom. The molecule has 1 aromatic carbocycles. The van der Waals surface area contributed by atoms with Gasteiger partial charge in [0.05, 0.1) is 24.8 Å². The first-order valence-electron chi connectivity index (χ1n) is 7.54. The molecular weight excluding hydrogens is 290 g/mol. The summed E-state index contributed by atoms with van der Waals surface area (Å²) in [6, 6.07) is 4.34. The van der Waals surface area contributed by atoms with Crippen molar-refractivity contribution in [3.63, 3.8) is 0 Å². The third kappa shape index (κ3) is 4.50. The molecule has 0 saturated heterocycles. The van der Waals surface area contributed by atoms with Gasteiger partial charge in [0.25, 0.3) is 0 Å². The van der Waals surface area contributed by atoms with Crippen LogP contribution in [0.3, 0.4) is 0 Å². The zero-order valence-electron chi connectivity index (χ0n) is 12.7. The smallest absolute Gasteiger partial charge is 0.179 e. The highest BCUT2D eigenvalue weighted by Gasteiger charge is 2.19. The summed E-state index contributed by atoms with van der Waals surface area (Å²) in [6.07, 6.45) is 3.67. The highest BCUT2D eigenvalue weighted by atomic mass is 35.5. The fourth-order valence-electron chi connectivity index (χ4n) is 2.70. The number of benzene rings is 1. The number of methoxy groups -OCH3 is 1. The van der Waals surface area contributed by atoms with Crippen molar-refractivity contribution in [1.82, 2.24) is 5.32 Å². The molecule has 1 saturated carbocycles. The lowest BCUT2D eigenvalue weighted by atomic mass is 9.93. The van der Waals surface area contributed by atoms with Crippen molar-refractivity contribution in [3.05, 3.63) is 22.7 Å². The molecule has 5 heteroatoms. The van der Waals surface area contributed by atoms with Crippen LogP contribution in [0.4, 0.5) is 0 Å². The van der Waals surface area contributed by atoms with Crippen molar-refractivity contribution in [1.29, 1.82) is 0 Å². The molecule has 1 aromatic rings. The number of hydrogen-bond donors (Lipinski definition) is 2. The average Bonchev–Trinajstić information content (AvgIpc) is 2.49. The van der Waals surface area contributed by atoms with Gasteiger partial charge in [0, 0.05) is 12.6 Å². The molecule has 118 valence electrons. The summed E-state index contributed by atoms with van der Waals surface area (Å²) in [4.78, 5) is 0. The van der Waals surface area contributed by atoms with Gasteiger partial charge in [-0.15, -0.1) is 0 Å². The molecular formula is C16H24ClNO3. The van der Waals surface area contributed by atoms with Crippen molar-refractivity contribution in [3.8, 4) is 11.5 Å². The first-order chi connectivity index (χ1) is 10.1. The van der Waals surface area contributed by atoms with Crippen LogP contribution in [0.2, 0.25) is 5.02 Å². The van der Waals surface area contributed by atoms with Crippen LogP contribution < -0.4 is 14.8 Å². The van der Waals surface area contributed by atoms with Gasteiger partial charge in [0.15, 0.2) is 11.5 Å². The summed E-state index contributed by atoms with van der Waals surface area (Å²) in [6.45, 7) is 3.21. The summed E-state index contributed by atoms with van der Waals surface area (Å²) in [5.41, 5.74) is 1.08. The molecule has 0 spiro atoms. The van der Waals surface area contributed by atoms with Crippen molar-refractivity contribution in [2.75, 3.05) is 13.7 Å². The maximum Gasteiger partial charge on any atom is 0.179 e. The predicted molar refractivity (Wildman–Crippen MR) is 84.3 cm³/mol. The van der Waals surface area contributed by atoms with Crippen LogP contribution in [0.15, 0.2) is 12.1 Å². The van der Waals surface area contributed by atoms with E-state index in [2.05, 4.69) is 5.32 Å². The Bertz CT molecular complexity index is 459. The summed E-state index contributed by atoms with van der Waals surface area (Å²) >= 11 is 6.27. The lowest BCUT2D eigenvalue weighted by molar-refractivity contribution is 0.116. The summed E-state index contributed by atoms with van der Waals surface area (Å²) in [7, 11) is 1.62. The Hall–Kier alpha value is -0.970. The molecule has 2 N–H and O–H groups in total. The van der Waals surface area contributed by atoms with Gasteiger partial charge < -0.3 is 19.9 Å². The van der Waals surface area contributed by atoms with Gasteiger partial charge in [-0.05, 0) is 50.3 Å². The van der Waals surface area contributed by atoms with Gasteiger partial charge in [0.1, 0.15) is 0 Å². The monoisotopic (exact) mass is 313 g/mol. The summed E-state index contributed by atoms with van der Waals surface area (Å²) in [5.74, 6) is 1.27. The summed E-state index contributed by atoms with van der Waals surface area (Å²) < 4.78 is 10.9. The maximum atomic E-state index is 9.52. The summed E-state index contributed by atoms with van der Waals surface area (Å²) in [5, 5.41) is 13.6. The molecule has 1 aliphatic carbocycles. The predicted octanol–water partition coefficient (Wildman–Crippen LogP) is 3.14. The molecule has 4 nitrogen and oxygen atoms in total. The number of hydrogen-bond acceptors (Lipinski definition) is 4. The number of nitrogens with one attached hydrogen (secondary N) is 1. The molecule has 1 fully saturated rings. The van der Waals surface area contributed by atoms with E-state index in [1.807, 2.05) is 19.1 Å². The van der Waals surface area contributed by atoms with E-state index in [0.29, 0.717) is 29.2 Å². The van der Waals surface area contributed by atoms with E-state index in [1.54, 1.807) is 7.11 Å². The number of halogens is 1. The maximum absolute atomic E-state index is 9.52. The van der Waals surface area contributed by atoms with Crippen molar-refractivity contribution in [2.45, 2.75) is 51.3 Å². The first-order valence-corrected chi connectivity index (χ1v) is 7.92. The van der Waals surface area contributed by atoms with Gasteiger partial charge in [-0.25, -0.2) is 0 Å². The normalized spacial score (nSPS) is 22.1. The highest BCUT2D eigenvalue weighted by molar-refractivity contribution is 6.32. The van der Waals surface area contributed by atoms with E-state index in [1.165, 1.54) is 0 Å². The second kappa shape index (κ2) is 7.87. The molecule has 0 atom stereocenters. The number of rotatable bonds is 6. The molecule has 1 aliphatic rings. The van der Waals surface area contributed by atoms with Gasteiger partial charge in [-0.3, -0.25) is 0 Å². The van der Waals surface area contributed by atoms with Gasteiger partial charge >= 0.3 is 0 Å². The fourth-order valence-corrected chi connectivity index (χ4v) is 2.99. The van der Waals surface area contributed by atoms with E-state index in [9.17, 15) is 5.11 Å². The van der Waals surface area contributed by atoms with E-state index >= 15 is 0 Å². The Morgan fingerprint density at radius 1 is 1.29 bits per heavy atom. The minimum Gasteiger partial charge on any atom is -0.493 e. The van der Waals surface area contributed by atoms with E-state index < -0.39 is 0 Å². The topological polar surface area (TPSA) is 50.7 Å². The number of aliphatic hydroxyl groups is 1. The van der Waals surface area contributed by atoms with Crippen molar-refractivity contribution < 1.29 is 14.6 Å². The zero-order valence-corrected chi connectivity index (χ0v) is 13.4. The molecule has 0 bridgehead atoms. The molecule has 0 aliphatic heterocycles. The van der Waals surface area contributed by atoms with Gasteiger partial charge in [-0.2, -0.15) is 0 Å². The largest absolute Gasteiger partial charge is 0.493 e. The van der Waals surface area contributed by atoms with Crippen LogP contribution in [0.25, 0.3) is 0 Å². The van der Waals surface area contributed by atoms with Crippen LogP contribution in [0.1, 0.15) is 38.2 Å². The molecule has 21 heavy (non-hydrogen) atoms. The van der Waals surface area contributed by atoms with E-state index in [0.717, 1.165) is 37.8 Å². The van der Waals surface area contributed by atoms with Crippen LogP contribution in [0.5, 0.6) is 11.5 Å². The molecule has 0 unspecified atom stereocenters. The Morgan fingerprint density at radius 3 is 2.62 bits per heavy atom. The van der Waals surface area contributed by atoms with Crippen molar-refractivity contribution in [2.24, 2.45) is 0 Å². The third-order valence-corrected chi connectivity index (χ3v) is 4.15. The first kappa shape index (κ1) is 16.4. The van der Waals surface area contributed by atoms with E-state index in [4.69, 9.17) is 21.1 Å². The quantitative estimate of drug-likeness (QED) is 0.847. The third-order valence-electron chi connectivity index (χ3n) is 3.87. The van der Waals surface area contributed by atoms with Crippen LogP contribution in [0, 0.1) is 0 Å². The molecule has 0 aromatic heterocycles. The Labute approximate surface area is 131 Å².